The molecule has 174 valence electrons. The Morgan fingerprint density at radius 2 is 1.70 bits per heavy atom. The lowest BCUT2D eigenvalue weighted by Crippen LogP contribution is -2.36. The highest BCUT2D eigenvalue weighted by Gasteiger charge is 2.26. The normalized spacial score (nSPS) is 12.7. The number of amides is 1. The van der Waals surface area contributed by atoms with Crippen molar-refractivity contribution in [1.82, 2.24) is 9.36 Å². The summed E-state index contributed by atoms with van der Waals surface area (Å²) in [5.41, 5.74) is 0.901. The van der Waals surface area contributed by atoms with E-state index >= 15 is 0 Å². The van der Waals surface area contributed by atoms with Gasteiger partial charge in [0.15, 0.2) is 12.2 Å². The van der Waals surface area contributed by atoms with Gasteiger partial charge in [-0.2, -0.15) is 0 Å². The minimum absolute atomic E-state index is 0.103. The molecule has 2 atom stereocenters. The number of rotatable bonds is 7. The first-order valence-corrected chi connectivity index (χ1v) is 10.8. The summed E-state index contributed by atoms with van der Waals surface area (Å²) in [4.78, 5) is 38.0. The topological polar surface area (TPSA) is 91.6 Å². The molecule has 33 heavy (non-hydrogen) atoms. The molecule has 0 radical (unpaired) electrons. The first-order valence-electron chi connectivity index (χ1n) is 10.1. The number of esters is 1. The number of anilines is 1. The van der Waals surface area contributed by atoms with Crippen LogP contribution in [-0.2, 0) is 21.4 Å². The maximum Gasteiger partial charge on any atom is 0.347 e. The van der Waals surface area contributed by atoms with Crippen LogP contribution in [0.25, 0.3) is 5.69 Å². The molecule has 10 heteroatoms. The number of ether oxygens (including phenoxy) is 2. The van der Waals surface area contributed by atoms with Crippen LogP contribution < -0.4 is 15.6 Å². The SMILES string of the molecule is Cc1c(NC(=O)C(C)OC(=O)C(C)Oc2ccc(Cl)cc2Cl)c(=O)n(-c2ccccc2)n1C. The van der Waals surface area contributed by atoms with E-state index in [2.05, 4.69) is 5.32 Å². The van der Waals surface area contributed by atoms with Gasteiger partial charge in [0.1, 0.15) is 11.4 Å². The Balaban J connectivity index is 1.68. The quantitative estimate of drug-likeness (QED) is 0.501. The minimum atomic E-state index is -1.17. The zero-order valence-electron chi connectivity index (χ0n) is 18.5. The number of nitrogens with one attached hydrogen (secondary N) is 1. The number of carbonyl (C=O) groups excluding carboxylic acids is 2. The Kier molecular flexibility index (Phi) is 7.50. The molecule has 1 heterocycles. The molecule has 2 aromatic carbocycles. The summed E-state index contributed by atoms with van der Waals surface area (Å²) >= 11 is 11.9. The molecule has 1 amide bonds. The molecule has 0 bridgehead atoms. The highest BCUT2D eigenvalue weighted by atomic mass is 35.5. The summed E-state index contributed by atoms with van der Waals surface area (Å²) in [7, 11) is 1.71. The van der Waals surface area contributed by atoms with Crippen LogP contribution in [0.5, 0.6) is 5.75 Å². The van der Waals surface area contributed by atoms with E-state index in [-0.39, 0.29) is 16.5 Å². The van der Waals surface area contributed by atoms with Crippen molar-refractivity contribution in [2.24, 2.45) is 7.05 Å². The van der Waals surface area contributed by atoms with Crippen LogP contribution in [0.2, 0.25) is 10.0 Å². The Morgan fingerprint density at radius 3 is 2.33 bits per heavy atom. The van der Waals surface area contributed by atoms with Crippen LogP contribution in [0.1, 0.15) is 19.5 Å². The van der Waals surface area contributed by atoms with Crippen LogP contribution >= 0.6 is 23.2 Å². The fourth-order valence-corrected chi connectivity index (χ4v) is 3.52. The number of hydrogen-bond donors (Lipinski definition) is 1. The van der Waals surface area contributed by atoms with E-state index < -0.39 is 29.6 Å². The number of benzene rings is 2. The minimum Gasteiger partial charge on any atom is -0.477 e. The molecule has 3 rings (SSSR count). The first kappa shape index (κ1) is 24.4. The van der Waals surface area contributed by atoms with Gasteiger partial charge in [0, 0.05) is 12.1 Å². The third kappa shape index (κ3) is 5.40. The molecular formula is C23H23Cl2N3O5. The van der Waals surface area contributed by atoms with Gasteiger partial charge in [-0.1, -0.05) is 41.4 Å². The van der Waals surface area contributed by atoms with Gasteiger partial charge < -0.3 is 14.8 Å². The van der Waals surface area contributed by atoms with E-state index in [1.54, 1.807) is 36.9 Å². The van der Waals surface area contributed by atoms with Crippen LogP contribution in [0.4, 0.5) is 5.69 Å². The monoisotopic (exact) mass is 491 g/mol. The Morgan fingerprint density at radius 1 is 1.03 bits per heavy atom. The summed E-state index contributed by atoms with van der Waals surface area (Å²) in [6.07, 6.45) is -2.21. The van der Waals surface area contributed by atoms with E-state index in [9.17, 15) is 14.4 Å². The van der Waals surface area contributed by atoms with Crippen molar-refractivity contribution >= 4 is 40.8 Å². The number of halogens is 2. The third-order valence-corrected chi connectivity index (χ3v) is 5.52. The Labute approximate surface area is 200 Å². The standard InChI is InChI=1S/C23H23Cl2N3O5/c1-13-20(22(30)28(27(13)4)17-8-6-5-7-9-17)26-21(29)14(2)33-23(31)15(3)32-19-11-10-16(24)12-18(19)25/h5-12,14-15H,1-4H3,(H,26,29). The highest BCUT2D eigenvalue weighted by Crippen LogP contribution is 2.28. The largest absolute Gasteiger partial charge is 0.477 e. The van der Waals surface area contributed by atoms with Gasteiger partial charge in [0.2, 0.25) is 0 Å². The second-order valence-corrected chi connectivity index (χ2v) is 8.18. The molecular weight excluding hydrogens is 469 g/mol. The van der Waals surface area contributed by atoms with E-state index in [4.69, 9.17) is 32.7 Å². The van der Waals surface area contributed by atoms with Crippen molar-refractivity contribution in [3.05, 3.63) is 74.6 Å². The second-order valence-electron chi connectivity index (χ2n) is 7.34. The fraction of sp³-hybridized carbons (Fsp3) is 0.261. The first-order chi connectivity index (χ1) is 15.6. The van der Waals surface area contributed by atoms with Crippen molar-refractivity contribution in [2.75, 3.05) is 5.32 Å². The van der Waals surface area contributed by atoms with Gasteiger partial charge >= 0.3 is 5.97 Å². The van der Waals surface area contributed by atoms with Crippen LogP contribution in [0.15, 0.2) is 53.3 Å². The summed E-state index contributed by atoms with van der Waals surface area (Å²) < 4.78 is 13.8. The van der Waals surface area contributed by atoms with Crippen molar-refractivity contribution in [2.45, 2.75) is 33.0 Å². The van der Waals surface area contributed by atoms with E-state index in [0.29, 0.717) is 16.4 Å². The predicted molar refractivity (Wildman–Crippen MR) is 126 cm³/mol. The van der Waals surface area contributed by atoms with Crippen molar-refractivity contribution in [3.8, 4) is 11.4 Å². The van der Waals surface area contributed by atoms with Crippen molar-refractivity contribution in [1.29, 1.82) is 0 Å². The third-order valence-electron chi connectivity index (χ3n) is 4.99. The van der Waals surface area contributed by atoms with Gasteiger partial charge in [-0.05, 0) is 51.1 Å². The highest BCUT2D eigenvalue weighted by molar-refractivity contribution is 6.35. The van der Waals surface area contributed by atoms with Crippen molar-refractivity contribution in [3.63, 3.8) is 0 Å². The van der Waals surface area contributed by atoms with Crippen LogP contribution in [0, 0.1) is 6.92 Å². The van der Waals surface area contributed by atoms with Gasteiger partial charge in [-0.25, -0.2) is 9.48 Å². The molecule has 0 spiro atoms. The van der Waals surface area contributed by atoms with E-state index in [1.807, 2.05) is 18.2 Å². The Hall–Kier alpha value is -3.23. The lowest BCUT2D eigenvalue weighted by Gasteiger charge is -2.18. The molecule has 1 aromatic heterocycles. The summed E-state index contributed by atoms with van der Waals surface area (Å²) in [6, 6.07) is 13.6. The van der Waals surface area contributed by atoms with E-state index in [1.165, 1.54) is 30.7 Å². The zero-order chi connectivity index (χ0) is 24.3. The number of nitrogens with zero attached hydrogens (tertiary/aromatic N) is 2. The van der Waals surface area contributed by atoms with E-state index in [0.717, 1.165) is 0 Å². The lowest BCUT2D eigenvalue weighted by atomic mass is 10.3. The van der Waals surface area contributed by atoms with Crippen molar-refractivity contribution < 1.29 is 19.1 Å². The number of carbonyl (C=O) groups is 2. The molecule has 2 unspecified atom stereocenters. The number of para-hydroxylation sites is 1. The summed E-state index contributed by atoms with van der Waals surface area (Å²) in [5.74, 6) is -1.16. The zero-order valence-corrected chi connectivity index (χ0v) is 20.0. The van der Waals surface area contributed by atoms with Gasteiger partial charge in [-0.15, -0.1) is 0 Å². The second kappa shape index (κ2) is 10.1. The summed E-state index contributed by atoms with van der Waals surface area (Å²) in [6.45, 7) is 4.58. The number of hydrogen-bond acceptors (Lipinski definition) is 5. The maximum atomic E-state index is 12.9. The maximum absolute atomic E-state index is 12.9. The predicted octanol–water partition coefficient (Wildman–Crippen LogP) is 4.13. The fourth-order valence-electron chi connectivity index (χ4n) is 3.07. The molecule has 0 aliphatic heterocycles. The molecule has 8 nitrogen and oxygen atoms in total. The van der Waals surface area contributed by atoms with Crippen LogP contribution in [0.3, 0.4) is 0 Å². The van der Waals surface area contributed by atoms with Gasteiger partial charge in [-0.3, -0.25) is 14.3 Å². The molecule has 0 saturated carbocycles. The average Bonchev–Trinajstić information content (AvgIpc) is 2.99. The van der Waals surface area contributed by atoms with Crippen LogP contribution in [-0.4, -0.2) is 33.4 Å². The Bertz CT molecular complexity index is 1240. The molecule has 0 aliphatic carbocycles. The molecule has 0 aliphatic rings. The lowest BCUT2D eigenvalue weighted by molar-refractivity contribution is -0.159. The summed E-state index contributed by atoms with van der Waals surface area (Å²) in [5, 5.41) is 3.24. The van der Waals surface area contributed by atoms with Gasteiger partial charge in [0.25, 0.3) is 11.5 Å². The average molecular weight is 492 g/mol. The molecule has 0 fully saturated rings. The smallest absolute Gasteiger partial charge is 0.347 e. The molecule has 3 aromatic rings. The number of aromatic nitrogens is 2. The molecule has 0 saturated heterocycles. The van der Waals surface area contributed by atoms with Gasteiger partial charge in [0.05, 0.1) is 16.4 Å². The molecule has 1 N–H and O–H groups in total.